The van der Waals surface area contributed by atoms with Gasteiger partial charge in [-0.05, 0) is 42.5 Å². The van der Waals surface area contributed by atoms with Gasteiger partial charge in [0.25, 0.3) is 5.91 Å². The summed E-state index contributed by atoms with van der Waals surface area (Å²) >= 11 is 6.85. The summed E-state index contributed by atoms with van der Waals surface area (Å²) in [6.45, 7) is -0.722. The van der Waals surface area contributed by atoms with Crippen LogP contribution < -0.4 is 5.32 Å². The second kappa shape index (κ2) is 9.79. The number of rotatable bonds is 7. The van der Waals surface area contributed by atoms with E-state index in [2.05, 4.69) is 5.32 Å². The molecule has 4 nitrogen and oxygen atoms in total. The molecule has 0 heterocycles. The van der Waals surface area contributed by atoms with E-state index >= 15 is 0 Å². The van der Waals surface area contributed by atoms with Crippen LogP contribution in [0, 0.1) is 5.82 Å². The number of alkyl halides is 3. The van der Waals surface area contributed by atoms with Gasteiger partial charge >= 0.3 is 12.1 Å². The molecule has 0 aliphatic rings. The highest BCUT2D eigenvalue weighted by Gasteiger charge is 2.34. The molecule has 150 valence electrons. The van der Waals surface area contributed by atoms with Crippen LogP contribution in [-0.2, 0) is 20.5 Å². The molecule has 0 atom stereocenters. The van der Waals surface area contributed by atoms with Gasteiger partial charge in [0.05, 0.1) is 17.7 Å². The van der Waals surface area contributed by atoms with Crippen molar-refractivity contribution in [1.29, 1.82) is 0 Å². The maximum Gasteiger partial charge on any atom is 0.418 e. The van der Waals surface area contributed by atoms with Crippen LogP contribution in [0.4, 0.5) is 23.2 Å². The standard InChI is InChI=1S/C18H14ClF4NO3S/c19-11-1-6-15(14(9-11)18(21,22)23)24-16(25)10-27-17(26)7-8-28-13-4-2-12(20)3-5-13/h1-6,9H,7-8,10H2,(H,24,25). The minimum Gasteiger partial charge on any atom is -0.456 e. The van der Waals surface area contributed by atoms with Gasteiger partial charge in [-0.15, -0.1) is 11.8 Å². The first-order valence-corrected chi connectivity index (χ1v) is 9.22. The average Bonchev–Trinajstić information content (AvgIpc) is 2.62. The molecule has 2 aromatic carbocycles. The molecule has 10 heteroatoms. The number of hydrogen-bond acceptors (Lipinski definition) is 4. The van der Waals surface area contributed by atoms with Crippen LogP contribution in [0.15, 0.2) is 47.4 Å². The SMILES string of the molecule is O=C(COC(=O)CCSc1ccc(F)cc1)Nc1ccc(Cl)cc1C(F)(F)F. The van der Waals surface area contributed by atoms with E-state index in [4.69, 9.17) is 16.3 Å². The quantitative estimate of drug-likeness (QED) is 0.371. The minimum absolute atomic E-state index is 0.0237. The van der Waals surface area contributed by atoms with Gasteiger partial charge in [-0.2, -0.15) is 13.2 Å². The second-order valence-corrected chi connectivity index (χ2v) is 7.05. The smallest absolute Gasteiger partial charge is 0.418 e. The number of anilines is 1. The highest BCUT2D eigenvalue weighted by Crippen LogP contribution is 2.36. The first kappa shape index (κ1) is 22.0. The van der Waals surface area contributed by atoms with Crippen LogP contribution in [0.3, 0.4) is 0 Å². The molecule has 2 aromatic rings. The average molecular weight is 436 g/mol. The minimum atomic E-state index is -4.71. The van der Waals surface area contributed by atoms with Crippen molar-refractivity contribution >= 4 is 40.9 Å². The molecule has 0 aliphatic carbocycles. The van der Waals surface area contributed by atoms with Gasteiger partial charge in [0.15, 0.2) is 6.61 Å². The normalized spacial score (nSPS) is 11.2. The van der Waals surface area contributed by atoms with Gasteiger partial charge in [-0.25, -0.2) is 4.39 Å². The molecule has 0 radical (unpaired) electrons. The third-order valence-electron chi connectivity index (χ3n) is 3.31. The number of thioether (sulfide) groups is 1. The number of amides is 1. The van der Waals surface area contributed by atoms with Crippen molar-refractivity contribution in [3.63, 3.8) is 0 Å². The van der Waals surface area contributed by atoms with Gasteiger partial charge in [0, 0.05) is 15.7 Å². The fourth-order valence-corrected chi connectivity index (χ4v) is 3.05. The summed E-state index contributed by atoms with van der Waals surface area (Å²) in [5.74, 6) is -1.63. The molecule has 1 N–H and O–H groups in total. The third kappa shape index (κ3) is 7.05. The van der Waals surface area contributed by atoms with Gasteiger partial charge in [-0.3, -0.25) is 9.59 Å². The topological polar surface area (TPSA) is 55.4 Å². The molecule has 0 aromatic heterocycles. The number of ether oxygens (including phenoxy) is 1. The Morgan fingerprint density at radius 2 is 1.79 bits per heavy atom. The largest absolute Gasteiger partial charge is 0.456 e. The molecule has 1 amide bonds. The zero-order chi connectivity index (χ0) is 20.7. The zero-order valence-electron chi connectivity index (χ0n) is 14.2. The summed E-state index contributed by atoms with van der Waals surface area (Å²) in [5, 5.41) is 1.92. The Labute approximate surface area is 167 Å². The predicted octanol–water partition coefficient (Wildman–Crippen LogP) is 5.16. The van der Waals surface area contributed by atoms with Crippen LogP contribution in [-0.4, -0.2) is 24.2 Å². The summed E-state index contributed by atoms with van der Waals surface area (Å²) < 4.78 is 56.5. The first-order valence-electron chi connectivity index (χ1n) is 7.86. The van der Waals surface area contributed by atoms with Crippen molar-refractivity contribution in [2.75, 3.05) is 17.7 Å². The molecule has 0 aliphatic heterocycles. The lowest BCUT2D eigenvalue weighted by Gasteiger charge is -2.14. The lowest BCUT2D eigenvalue weighted by atomic mass is 10.1. The number of carbonyl (C=O) groups excluding carboxylic acids is 2. The van der Waals surface area contributed by atoms with Crippen LogP contribution in [0.1, 0.15) is 12.0 Å². The number of nitrogens with one attached hydrogen (secondary N) is 1. The number of carbonyl (C=O) groups is 2. The molecule has 0 bridgehead atoms. The Morgan fingerprint density at radius 3 is 2.43 bits per heavy atom. The van der Waals surface area contributed by atoms with Gasteiger partial charge < -0.3 is 10.1 Å². The van der Waals surface area contributed by atoms with E-state index < -0.39 is 35.9 Å². The molecule has 28 heavy (non-hydrogen) atoms. The summed E-state index contributed by atoms with van der Waals surface area (Å²) in [5.41, 5.74) is -1.58. The number of esters is 1. The third-order valence-corrected chi connectivity index (χ3v) is 4.56. The fourth-order valence-electron chi connectivity index (χ4n) is 2.05. The van der Waals surface area contributed by atoms with Crippen molar-refractivity contribution in [1.82, 2.24) is 0 Å². The highest BCUT2D eigenvalue weighted by molar-refractivity contribution is 7.99. The van der Waals surface area contributed by atoms with Crippen LogP contribution >= 0.6 is 23.4 Å². The van der Waals surface area contributed by atoms with E-state index in [9.17, 15) is 27.2 Å². The Balaban J connectivity index is 1.79. The van der Waals surface area contributed by atoms with E-state index in [1.54, 1.807) is 12.1 Å². The summed E-state index contributed by atoms with van der Waals surface area (Å²) in [7, 11) is 0. The zero-order valence-corrected chi connectivity index (χ0v) is 15.8. The van der Waals surface area contributed by atoms with Crippen LogP contribution in [0.5, 0.6) is 0 Å². The first-order chi connectivity index (χ1) is 13.1. The fraction of sp³-hybridized carbons (Fsp3) is 0.222. The van der Waals surface area contributed by atoms with E-state index in [1.807, 2.05) is 0 Å². The molecule has 0 fully saturated rings. The van der Waals surface area contributed by atoms with E-state index in [1.165, 1.54) is 30.0 Å². The molecule has 0 saturated carbocycles. The second-order valence-electron chi connectivity index (χ2n) is 5.45. The van der Waals surface area contributed by atoms with E-state index in [-0.39, 0.29) is 17.3 Å². The number of hydrogen-bond donors (Lipinski definition) is 1. The Bertz CT molecular complexity index is 844. The molecule has 0 saturated heterocycles. The monoisotopic (exact) mass is 435 g/mol. The van der Waals surface area contributed by atoms with E-state index in [0.29, 0.717) is 11.8 Å². The summed E-state index contributed by atoms with van der Waals surface area (Å²) in [6, 6.07) is 8.60. The Kier molecular flexibility index (Phi) is 7.70. The lowest BCUT2D eigenvalue weighted by molar-refractivity contribution is -0.147. The maximum atomic E-state index is 13.0. The molecular formula is C18H14ClF4NO3S. The van der Waals surface area contributed by atoms with Gasteiger partial charge in [0.2, 0.25) is 0 Å². The van der Waals surface area contributed by atoms with Gasteiger partial charge in [0.1, 0.15) is 5.82 Å². The van der Waals surface area contributed by atoms with Crippen LogP contribution in [0.2, 0.25) is 5.02 Å². The Hall–Kier alpha value is -2.26. The molecular weight excluding hydrogens is 422 g/mol. The summed E-state index contributed by atoms with van der Waals surface area (Å²) in [4.78, 5) is 24.2. The molecule has 2 rings (SSSR count). The van der Waals surface area contributed by atoms with Crippen molar-refractivity contribution in [2.45, 2.75) is 17.5 Å². The highest BCUT2D eigenvalue weighted by atomic mass is 35.5. The van der Waals surface area contributed by atoms with E-state index in [0.717, 1.165) is 11.0 Å². The van der Waals surface area contributed by atoms with Crippen molar-refractivity contribution in [2.24, 2.45) is 0 Å². The van der Waals surface area contributed by atoms with Crippen molar-refractivity contribution in [3.05, 3.63) is 58.9 Å². The number of benzene rings is 2. The maximum absolute atomic E-state index is 13.0. The Morgan fingerprint density at radius 1 is 1.11 bits per heavy atom. The predicted molar refractivity (Wildman–Crippen MR) is 97.8 cm³/mol. The van der Waals surface area contributed by atoms with Crippen molar-refractivity contribution < 1.29 is 31.9 Å². The lowest BCUT2D eigenvalue weighted by Crippen LogP contribution is -2.22. The summed E-state index contributed by atoms with van der Waals surface area (Å²) in [6.07, 6.45) is -4.73. The van der Waals surface area contributed by atoms with Crippen molar-refractivity contribution in [3.8, 4) is 0 Å². The molecule has 0 spiro atoms. The number of halogens is 5. The molecule has 0 unspecified atom stereocenters. The van der Waals surface area contributed by atoms with Gasteiger partial charge in [-0.1, -0.05) is 11.6 Å². The van der Waals surface area contributed by atoms with Crippen LogP contribution in [0.25, 0.3) is 0 Å².